The van der Waals surface area contributed by atoms with E-state index < -0.39 is 10.0 Å². The van der Waals surface area contributed by atoms with E-state index in [1.165, 1.54) is 21.2 Å². The van der Waals surface area contributed by atoms with Crippen LogP contribution in [-0.2, 0) is 10.0 Å². The van der Waals surface area contributed by atoms with Gasteiger partial charge in [-0.1, -0.05) is 41.6 Å². The summed E-state index contributed by atoms with van der Waals surface area (Å²) in [6.45, 7) is 0.859. The molecule has 6 nitrogen and oxygen atoms in total. The van der Waals surface area contributed by atoms with Gasteiger partial charge >= 0.3 is 0 Å². The van der Waals surface area contributed by atoms with Crippen molar-refractivity contribution in [2.75, 3.05) is 13.1 Å². The van der Waals surface area contributed by atoms with Gasteiger partial charge in [0.2, 0.25) is 11.7 Å². The van der Waals surface area contributed by atoms with Crippen molar-refractivity contribution in [1.82, 2.24) is 14.4 Å². The van der Waals surface area contributed by atoms with E-state index in [-0.39, 0.29) is 0 Å². The highest BCUT2D eigenvalue weighted by molar-refractivity contribution is 7.91. The molecular formula is C20H19N3O3S2. The van der Waals surface area contributed by atoms with E-state index in [2.05, 4.69) is 22.3 Å². The second-order valence-corrected chi connectivity index (χ2v) is 10.2. The van der Waals surface area contributed by atoms with Crippen LogP contribution in [0.4, 0.5) is 0 Å². The van der Waals surface area contributed by atoms with Crippen LogP contribution in [-0.4, -0.2) is 36.0 Å². The predicted molar refractivity (Wildman–Crippen MR) is 107 cm³/mol. The number of nitrogens with zero attached hydrogens (tertiary/aromatic N) is 3. The molecule has 144 valence electrons. The molecule has 28 heavy (non-hydrogen) atoms. The van der Waals surface area contributed by atoms with Gasteiger partial charge in [-0.3, -0.25) is 0 Å². The Bertz CT molecular complexity index is 1130. The molecule has 0 N–H and O–H groups in total. The number of aromatic nitrogens is 2. The fourth-order valence-corrected chi connectivity index (χ4v) is 6.02. The maximum Gasteiger partial charge on any atom is 0.252 e. The highest BCUT2D eigenvalue weighted by atomic mass is 32.2. The fourth-order valence-electron chi connectivity index (χ4n) is 3.33. The highest BCUT2D eigenvalue weighted by Gasteiger charge is 2.31. The number of sulfonamides is 1. The first-order valence-corrected chi connectivity index (χ1v) is 11.6. The second kappa shape index (κ2) is 6.95. The number of hydrogen-bond donors (Lipinski definition) is 0. The van der Waals surface area contributed by atoms with Gasteiger partial charge in [-0.15, -0.1) is 11.3 Å². The van der Waals surface area contributed by atoms with Crippen molar-refractivity contribution in [3.8, 4) is 11.4 Å². The van der Waals surface area contributed by atoms with Gasteiger partial charge in [0.05, 0.1) is 0 Å². The van der Waals surface area contributed by atoms with Gasteiger partial charge < -0.3 is 4.52 Å². The summed E-state index contributed by atoms with van der Waals surface area (Å²) in [5.41, 5.74) is 3.04. The zero-order valence-electron chi connectivity index (χ0n) is 15.1. The minimum atomic E-state index is -3.53. The quantitative estimate of drug-likeness (QED) is 0.628. The summed E-state index contributed by atoms with van der Waals surface area (Å²) in [6.07, 6.45) is 4.87. The van der Waals surface area contributed by atoms with Crippen molar-refractivity contribution < 1.29 is 12.9 Å². The Morgan fingerprint density at radius 3 is 2.68 bits per heavy atom. The third-order valence-electron chi connectivity index (χ3n) is 5.11. The Balaban J connectivity index is 1.34. The van der Waals surface area contributed by atoms with E-state index in [0.29, 0.717) is 46.9 Å². The molecule has 0 unspecified atom stereocenters. The predicted octanol–water partition coefficient (Wildman–Crippen LogP) is 4.15. The van der Waals surface area contributed by atoms with Crippen molar-refractivity contribution in [3.05, 3.63) is 59.3 Å². The first-order chi connectivity index (χ1) is 13.6. The lowest BCUT2D eigenvalue weighted by molar-refractivity contribution is 0.380. The van der Waals surface area contributed by atoms with Gasteiger partial charge in [0, 0.05) is 30.0 Å². The van der Waals surface area contributed by atoms with Gasteiger partial charge in [-0.2, -0.15) is 9.29 Å². The molecule has 0 radical (unpaired) electrons. The Morgan fingerprint density at radius 1 is 1.14 bits per heavy atom. The van der Waals surface area contributed by atoms with E-state index in [1.54, 1.807) is 11.4 Å². The van der Waals surface area contributed by atoms with Crippen molar-refractivity contribution in [1.29, 1.82) is 0 Å². The van der Waals surface area contributed by atoms with E-state index in [0.717, 1.165) is 18.4 Å². The van der Waals surface area contributed by atoms with Gasteiger partial charge in [0.15, 0.2) is 0 Å². The van der Waals surface area contributed by atoms with E-state index in [9.17, 15) is 8.42 Å². The lowest BCUT2D eigenvalue weighted by atomic mass is 10.0. The monoisotopic (exact) mass is 413 g/mol. The third kappa shape index (κ3) is 3.32. The van der Waals surface area contributed by atoms with Crippen LogP contribution >= 0.6 is 11.3 Å². The average Bonchev–Trinajstić information content (AvgIpc) is 3.25. The normalized spacial score (nSPS) is 18.2. The fraction of sp³-hybridized carbons (Fsp3) is 0.300. The standard InChI is InChI=1S/C20H19N3O3S2/c24-28(25,23-10-8-15(9-11-23)14-4-2-1-3-5-14)18-12-17(13-27-18)19-21-20(26-22-19)16-6-7-16/h1-5,8,12-13,16H,6-7,9-11H2. The van der Waals surface area contributed by atoms with E-state index >= 15 is 0 Å². The van der Waals surface area contributed by atoms with Crippen LogP contribution in [0.2, 0.25) is 0 Å². The lowest BCUT2D eigenvalue weighted by Crippen LogP contribution is -2.34. The van der Waals surface area contributed by atoms with Crippen molar-refractivity contribution in [2.24, 2.45) is 0 Å². The molecule has 8 heteroatoms. The van der Waals surface area contributed by atoms with Crippen LogP contribution in [0.25, 0.3) is 17.0 Å². The van der Waals surface area contributed by atoms with Crippen LogP contribution in [0.5, 0.6) is 0 Å². The zero-order valence-corrected chi connectivity index (χ0v) is 16.7. The molecule has 1 aromatic carbocycles. The molecule has 1 aliphatic carbocycles. The summed E-state index contributed by atoms with van der Waals surface area (Å²) in [5.74, 6) is 1.49. The number of benzene rings is 1. The molecule has 0 amide bonds. The topological polar surface area (TPSA) is 76.3 Å². The van der Waals surface area contributed by atoms with Gasteiger partial charge in [-0.05, 0) is 36.5 Å². The molecule has 1 aliphatic heterocycles. The van der Waals surface area contributed by atoms with Crippen molar-refractivity contribution in [2.45, 2.75) is 29.4 Å². The van der Waals surface area contributed by atoms with Crippen LogP contribution in [0.1, 0.15) is 36.6 Å². The van der Waals surface area contributed by atoms with Crippen LogP contribution in [0.3, 0.4) is 0 Å². The smallest absolute Gasteiger partial charge is 0.252 e. The van der Waals surface area contributed by atoms with Gasteiger partial charge in [0.25, 0.3) is 10.0 Å². The molecule has 0 spiro atoms. The molecule has 1 fully saturated rings. The summed E-state index contributed by atoms with van der Waals surface area (Å²) < 4.78 is 33.2. The average molecular weight is 414 g/mol. The molecule has 1 saturated carbocycles. The van der Waals surface area contributed by atoms with Crippen LogP contribution < -0.4 is 0 Å². The Kier molecular flexibility index (Phi) is 4.41. The molecule has 0 saturated heterocycles. The van der Waals surface area contributed by atoms with E-state index in [1.807, 2.05) is 24.3 Å². The number of rotatable bonds is 5. The number of thiophene rings is 1. The highest BCUT2D eigenvalue weighted by Crippen LogP contribution is 2.40. The maximum absolute atomic E-state index is 13.0. The van der Waals surface area contributed by atoms with Crippen molar-refractivity contribution in [3.63, 3.8) is 0 Å². The largest absolute Gasteiger partial charge is 0.339 e. The first kappa shape index (κ1) is 17.8. The third-order valence-corrected chi connectivity index (χ3v) is 8.39. The lowest BCUT2D eigenvalue weighted by Gasteiger charge is -2.25. The SMILES string of the molecule is O=S(=O)(c1cc(-c2noc(C3CC3)n2)cs1)N1CC=C(c2ccccc2)CC1. The van der Waals surface area contributed by atoms with Gasteiger partial charge in [0.1, 0.15) is 4.21 Å². The summed E-state index contributed by atoms with van der Waals surface area (Å²) in [7, 11) is -3.53. The molecule has 0 bridgehead atoms. The first-order valence-electron chi connectivity index (χ1n) is 9.28. The summed E-state index contributed by atoms with van der Waals surface area (Å²) >= 11 is 1.20. The Morgan fingerprint density at radius 2 is 1.96 bits per heavy atom. The molecule has 2 aromatic heterocycles. The minimum absolute atomic E-state index is 0.317. The number of hydrogen-bond acceptors (Lipinski definition) is 6. The van der Waals surface area contributed by atoms with Crippen LogP contribution in [0, 0.1) is 0 Å². The molecular weight excluding hydrogens is 394 g/mol. The molecule has 0 atom stereocenters. The van der Waals surface area contributed by atoms with Crippen molar-refractivity contribution >= 4 is 26.9 Å². The summed E-state index contributed by atoms with van der Waals surface area (Å²) in [4.78, 5) is 4.40. The second-order valence-electron chi connectivity index (χ2n) is 7.09. The summed E-state index contributed by atoms with van der Waals surface area (Å²) in [6, 6.07) is 11.7. The Labute approximate surface area is 167 Å². The zero-order chi connectivity index (χ0) is 19.1. The minimum Gasteiger partial charge on any atom is -0.339 e. The summed E-state index contributed by atoms with van der Waals surface area (Å²) in [5, 5.41) is 5.78. The molecule has 5 rings (SSSR count). The molecule has 2 aliphatic rings. The van der Waals surface area contributed by atoms with Gasteiger partial charge in [-0.25, -0.2) is 8.42 Å². The van der Waals surface area contributed by atoms with E-state index in [4.69, 9.17) is 4.52 Å². The molecule has 3 heterocycles. The molecule has 3 aromatic rings. The maximum atomic E-state index is 13.0. The Hall–Kier alpha value is -2.29. The van der Waals surface area contributed by atoms with Crippen LogP contribution in [0.15, 0.2) is 56.6 Å².